The lowest BCUT2D eigenvalue weighted by Crippen LogP contribution is -2.49. The van der Waals surface area contributed by atoms with Gasteiger partial charge in [-0.15, -0.1) is 0 Å². The number of carbonyl (C=O) groups excluding carboxylic acids is 1. The van der Waals surface area contributed by atoms with E-state index in [1.807, 2.05) is 13.0 Å². The van der Waals surface area contributed by atoms with Crippen LogP contribution in [-0.4, -0.2) is 23.4 Å². The molecule has 0 bridgehead atoms. The lowest BCUT2D eigenvalue weighted by molar-refractivity contribution is -0.137. The number of benzene rings is 1. The predicted molar refractivity (Wildman–Crippen MR) is 73.8 cm³/mol. The Hall–Kier alpha value is -0.770. The smallest absolute Gasteiger partial charge is 0.239 e. The van der Waals surface area contributed by atoms with Crippen molar-refractivity contribution in [2.24, 2.45) is 5.73 Å². The SMILES string of the molecule is CC(c1ccc(Cl)cc1Cl)N1CCCC(N)C1=O. The Morgan fingerprint density at radius 3 is 2.83 bits per heavy atom. The molecule has 1 aliphatic heterocycles. The molecule has 2 rings (SSSR count). The van der Waals surface area contributed by atoms with E-state index in [4.69, 9.17) is 28.9 Å². The topological polar surface area (TPSA) is 46.3 Å². The summed E-state index contributed by atoms with van der Waals surface area (Å²) in [6, 6.07) is 4.89. The maximum absolute atomic E-state index is 12.1. The van der Waals surface area contributed by atoms with Crippen LogP contribution in [0.1, 0.15) is 31.4 Å². The first-order valence-electron chi connectivity index (χ1n) is 6.01. The summed E-state index contributed by atoms with van der Waals surface area (Å²) in [5, 5.41) is 1.18. The summed E-state index contributed by atoms with van der Waals surface area (Å²) >= 11 is 12.0. The van der Waals surface area contributed by atoms with Crippen LogP contribution in [0, 0.1) is 0 Å². The molecule has 1 aliphatic rings. The van der Waals surface area contributed by atoms with Gasteiger partial charge in [-0.1, -0.05) is 29.3 Å². The second-order valence-electron chi connectivity index (χ2n) is 4.62. The summed E-state index contributed by atoms with van der Waals surface area (Å²) in [4.78, 5) is 13.8. The van der Waals surface area contributed by atoms with Gasteiger partial charge in [-0.3, -0.25) is 4.79 Å². The summed E-state index contributed by atoms with van der Waals surface area (Å²) in [7, 11) is 0. The zero-order valence-corrected chi connectivity index (χ0v) is 11.7. The van der Waals surface area contributed by atoms with Gasteiger partial charge in [-0.05, 0) is 37.5 Å². The van der Waals surface area contributed by atoms with Crippen LogP contribution >= 0.6 is 23.2 Å². The Morgan fingerprint density at radius 1 is 1.44 bits per heavy atom. The van der Waals surface area contributed by atoms with E-state index in [9.17, 15) is 4.79 Å². The predicted octanol–water partition coefficient (Wildman–Crippen LogP) is 3.00. The van der Waals surface area contributed by atoms with Crippen LogP contribution < -0.4 is 5.73 Å². The van der Waals surface area contributed by atoms with Crippen LogP contribution in [0.2, 0.25) is 10.0 Å². The van der Waals surface area contributed by atoms with Crippen LogP contribution in [-0.2, 0) is 4.79 Å². The molecule has 1 saturated heterocycles. The summed E-state index contributed by atoms with van der Waals surface area (Å²) in [6.45, 7) is 2.69. The second-order valence-corrected chi connectivity index (χ2v) is 5.47. The molecule has 2 N–H and O–H groups in total. The van der Waals surface area contributed by atoms with Gasteiger partial charge in [0.05, 0.1) is 12.1 Å². The first-order valence-corrected chi connectivity index (χ1v) is 6.77. The zero-order chi connectivity index (χ0) is 13.3. The third-order valence-corrected chi connectivity index (χ3v) is 3.96. The monoisotopic (exact) mass is 286 g/mol. The Balaban J connectivity index is 2.24. The van der Waals surface area contributed by atoms with Crippen molar-refractivity contribution in [2.75, 3.05) is 6.54 Å². The molecule has 5 heteroatoms. The van der Waals surface area contributed by atoms with Gasteiger partial charge in [0.15, 0.2) is 0 Å². The van der Waals surface area contributed by atoms with Gasteiger partial charge in [0.1, 0.15) is 0 Å². The Labute approximate surface area is 117 Å². The van der Waals surface area contributed by atoms with Crippen LogP contribution in [0.5, 0.6) is 0 Å². The number of likely N-dealkylation sites (tertiary alicyclic amines) is 1. The van der Waals surface area contributed by atoms with Crippen LogP contribution in [0.15, 0.2) is 18.2 Å². The Kier molecular flexibility index (Phi) is 4.15. The van der Waals surface area contributed by atoms with Crippen molar-refractivity contribution >= 4 is 29.1 Å². The number of rotatable bonds is 2. The molecule has 0 aliphatic carbocycles. The average molecular weight is 287 g/mol. The van der Waals surface area contributed by atoms with Gasteiger partial charge in [0, 0.05) is 16.6 Å². The lowest BCUT2D eigenvalue weighted by Gasteiger charge is -2.35. The quantitative estimate of drug-likeness (QED) is 0.908. The molecule has 2 unspecified atom stereocenters. The molecule has 1 aromatic carbocycles. The van der Waals surface area contributed by atoms with Gasteiger partial charge in [0.2, 0.25) is 5.91 Å². The fourth-order valence-electron chi connectivity index (χ4n) is 2.32. The molecule has 0 radical (unpaired) electrons. The van der Waals surface area contributed by atoms with Crippen molar-refractivity contribution < 1.29 is 4.79 Å². The normalized spacial score (nSPS) is 22.1. The number of carbonyl (C=O) groups is 1. The number of nitrogens with two attached hydrogens (primary N) is 1. The summed E-state index contributed by atoms with van der Waals surface area (Å²) < 4.78 is 0. The number of hydrogen-bond acceptors (Lipinski definition) is 2. The molecular formula is C13H16Cl2N2O. The fraction of sp³-hybridized carbons (Fsp3) is 0.462. The highest BCUT2D eigenvalue weighted by molar-refractivity contribution is 6.35. The number of hydrogen-bond donors (Lipinski definition) is 1. The number of piperidine rings is 1. The van der Waals surface area contributed by atoms with E-state index in [1.165, 1.54) is 0 Å². The highest BCUT2D eigenvalue weighted by atomic mass is 35.5. The van der Waals surface area contributed by atoms with Crippen LogP contribution in [0.25, 0.3) is 0 Å². The molecule has 1 amide bonds. The van der Waals surface area contributed by atoms with Gasteiger partial charge in [-0.25, -0.2) is 0 Å². The zero-order valence-electron chi connectivity index (χ0n) is 10.2. The maximum Gasteiger partial charge on any atom is 0.239 e. The third-order valence-electron chi connectivity index (χ3n) is 3.39. The standard InChI is InChI=1S/C13H16Cl2N2O/c1-8(10-5-4-9(14)7-11(10)15)17-6-2-3-12(16)13(17)18/h4-5,7-8,12H,2-3,6,16H2,1H3. The van der Waals surface area contributed by atoms with Crippen molar-refractivity contribution in [1.82, 2.24) is 4.90 Å². The fourth-order valence-corrected chi connectivity index (χ4v) is 2.89. The Bertz CT molecular complexity index is 464. The van der Waals surface area contributed by atoms with Crippen LogP contribution in [0.3, 0.4) is 0 Å². The molecule has 0 spiro atoms. The molecule has 0 saturated carbocycles. The molecular weight excluding hydrogens is 271 g/mol. The van der Waals surface area contributed by atoms with Crippen molar-refractivity contribution in [2.45, 2.75) is 31.8 Å². The average Bonchev–Trinajstić information content (AvgIpc) is 2.32. The van der Waals surface area contributed by atoms with Gasteiger partial charge in [-0.2, -0.15) is 0 Å². The van der Waals surface area contributed by atoms with Crippen LogP contribution in [0.4, 0.5) is 0 Å². The minimum absolute atomic E-state index is 0.000216. The van der Waals surface area contributed by atoms with E-state index < -0.39 is 0 Å². The maximum atomic E-state index is 12.1. The van der Waals surface area contributed by atoms with E-state index in [2.05, 4.69) is 0 Å². The number of amides is 1. The van der Waals surface area contributed by atoms with Gasteiger partial charge in [0.25, 0.3) is 0 Å². The van der Waals surface area contributed by atoms with E-state index >= 15 is 0 Å². The van der Waals surface area contributed by atoms with Gasteiger partial charge < -0.3 is 10.6 Å². The summed E-state index contributed by atoms with van der Waals surface area (Å²) in [5.74, 6) is -0.000216. The summed E-state index contributed by atoms with van der Waals surface area (Å²) in [5.41, 5.74) is 6.71. The number of halogens is 2. The van der Waals surface area contributed by atoms with Gasteiger partial charge >= 0.3 is 0 Å². The molecule has 2 atom stereocenters. The number of nitrogens with zero attached hydrogens (tertiary/aromatic N) is 1. The van der Waals surface area contributed by atoms with E-state index in [0.29, 0.717) is 10.0 Å². The Morgan fingerprint density at radius 2 is 2.17 bits per heavy atom. The second kappa shape index (κ2) is 5.47. The molecule has 18 heavy (non-hydrogen) atoms. The highest BCUT2D eigenvalue weighted by Gasteiger charge is 2.30. The molecule has 1 heterocycles. The van der Waals surface area contributed by atoms with E-state index in [0.717, 1.165) is 24.9 Å². The first kappa shape index (κ1) is 13.7. The largest absolute Gasteiger partial charge is 0.335 e. The minimum Gasteiger partial charge on any atom is -0.335 e. The third kappa shape index (κ3) is 2.63. The van der Waals surface area contributed by atoms with Crippen molar-refractivity contribution in [3.63, 3.8) is 0 Å². The highest BCUT2D eigenvalue weighted by Crippen LogP contribution is 2.31. The van der Waals surface area contributed by atoms with Crippen molar-refractivity contribution in [1.29, 1.82) is 0 Å². The first-order chi connectivity index (χ1) is 8.50. The molecule has 1 fully saturated rings. The molecule has 1 aromatic rings. The van der Waals surface area contributed by atoms with Crippen molar-refractivity contribution in [3.8, 4) is 0 Å². The van der Waals surface area contributed by atoms with E-state index in [-0.39, 0.29) is 18.0 Å². The molecule has 98 valence electrons. The van der Waals surface area contributed by atoms with E-state index in [1.54, 1.807) is 17.0 Å². The molecule has 0 aromatic heterocycles. The summed E-state index contributed by atoms with van der Waals surface area (Å²) in [6.07, 6.45) is 1.69. The van der Waals surface area contributed by atoms with Crippen molar-refractivity contribution in [3.05, 3.63) is 33.8 Å². The lowest BCUT2D eigenvalue weighted by atomic mass is 10.00. The molecule has 3 nitrogen and oxygen atoms in total. The minimum atomic E-state index is -0.382.